The molecule has 2 N–H and O–H groups in total. The molecule has 1 aliphatic heterocycles. The molecule has 1 fully saturated rings. The third-order valence-corrected chi connectivity index (χ3v) is 2.21. The first kappa shape index (κ1) is 8.02. The molecule has 0 aromatic rings. The van der Waals surface area contributed by atoms with Crippen molar-refractivity contribution in [1.82, 2.24) is 0 Å². The second-order valence-electron chi connectivity index (χ2n) is 3.13. The smallest absolute Gasteiger partial charge is 0.0730 e. The Hall–Kier alpha value is -0.0800. The summed E-state index contributed by atoms with van der Waals surface area (Å²) in [4.78, 5) is 0. The summed E-state index contributed by atoms with van der Waals surface area (Å²) in [6.07, 6.45) is 4.12. The van der Waals surface area contributed by atoms with E-state index >= 15 is 0 Å². The Bertz CT molecular complexity index is 105. The van der Waals surface area contributed by atoms with Crippen molar-refractivity contribution in [2.75, 3.05) is 0 Å². The summed E-state index contributed by atoms with van der Waals surface area (Å²) >= 11 is 0. The van der Waals surface area contributed by atoms with E-state index in [4.69, 9.17) is 10.5 Å². The van der Waals surface area contributed by atoms with Crippen LogP contribution in [-0.2, 0) is 4.74 Å². The van der Waals surface area contributed by atoms with Crippen molar-refractivity contribution in [3.05, 3.63) is 0 Å². The van der Waals surface area contributed by atoms with Crippen molar-refractivity contribution in [2.24, 2.45) is 5.73 Å². The normalized spacial score (nSPS) is 36.3. The van der Waals surface area contributed by atoms with Crippen molar-refractivity contribution in [3.63, 3.8) is 0 Å². The van der Waals surface area contributed by atoms with Gasteiger partial charge in [0.05, 0.1) is 12.2 Å². The average molecular weight is 143 g/mol. The van der Waals surface area contributed by atoms with Gasteiger partial charge in [-0.15, -0.1) is 0 Å². The number of ether oxygens (including phenoxy) is 1. The summed E-state index contributed by atoms with van der Waals surface area (Å²) in [6.45, 7) is 4.22. The molecule has 1 aliphatic rings. The Kier molecular flexibility index (Phi) is 2.69. The minimum absolute atomic E-state index is 0.255. The lowest BCUT2D eigenvalue weighted by molar-refractivity contribution is 0.0397. The minimum Gasteiger partial charge on any atom is -0.374 e. The Labute approximate surface area is 62.7 Å². The molecule has 0 saturated carbocycles. The summed E-state index contributed by atoms with van der Waals surface area (Å²) in [7, 11) is 0. The predicted octanol–water partition coefficient (Wildman–Crippen LogP) is 1.29. The quantitative estimate of drug-likeness (QED) is 0.632. The zero-order valence-corrected chi connectivity index (χ0v) is 6.84. The van der Waals surface area contributed by atoms with E-state index in [1.54, 1.807) is 0 Å². The van der Waals surface area contributed by atoms with E-state index in [1.165, 1.54) is 6.42 Å². The molecule has 3 atom stereocenters. The van der Waals surface area contributed by atoms with Crippen LogP contribution in [0.5, 0.6) is 0 Å². The first-order chi connectivity index (χ1) is 4.74. The van der Waals surface area contributed by atoms with Crippen molar-refractivity contribution in [2.45, 2.75) is 51.4 Å². The van der Waals surface area contributed by atoms with Crippen LogP contribution >= 0.6 is 0 Å². The maximum atomic E-state index is 5.82. The average Bonchev–Trinajstić information content (AvgIpc) is 2.34. The molecule has 0 aromatic heterocycles. The topological polar surface area (TPSA) is 35.2 Å². The van der Waals surface area contributed by atoms with E-state index in [0.717, 1.165) is 12.8 Å². The van der Waals surface area contributed by atoms with E-state index in [2.05, 4.69) is 13.8 Å². The second-order valence-corrected chi connectivity index (χ2v) is 3.13. The third kappa shape index (κ3) is 1.70. The van der Waals surface area contributed by atoms with Crippen LogP contribution in [0.1, 0.15) is 33.1 Å². The molecule has 2 heteroatoms. The molecule has 60 valence electrons. The van der Waals surface area contributed by atoms with E-state index < -0.39 is 0 Å². The van der Waals surface area contributed by atoms with Crippen LogP contribution in [0.4, 0.5) is 0 Å². The number of rotatable bonds is 2. The molecular weight excluding hydrogens is 126 g/mol. The van der Waals surface area contributed by atoms with Gasteiger partial charge in [0.15, 0.2) is 0 Å². The summed E-state index contributed by atoms with van der Waals surface area (Å²) in [5.41, 5.74) is 5.82. The lowest BCUT2D eigenvalue weighted by Gasteiger charge is -2.17. The summed E-state index contributed by atoms with van der Waals surface area (Å²) in [5, 5.41) is 0. The molecule has 3 unspecified atom stereocenters. The minimum atomic E-state index is 0.255. The van der Waals surface area contributed by atoms with Gasteiger partial charge in [0.1, 0.15) is 0 Å². The number of hydrogen-bond donors (Lipinski definition) is 1. The molecule has 0 amide bonds. The van der Waals surface area contributed by atoms with Crippen molar-refractivity contribution in [1.29, 1.82) is 0 Å². The zero-order chi connectivity index (χ0) is 7.56. The highest BCUT2D eigenvalue weighted by Gasteiger charge is 2.25. The van der Waals surface area contributed by atoms with Gasteiger partial charge in [-0.25, -0.2) is 0 Å². The van der Waals surface area contributed by atoms with Gasteiger partial charge in [-0.1, -0.05) is 6.92 Å². The maximum Gasteiger partial charge on any atom is 0.0730 e. The predicted molar refractivity (Wildman–Crippen MR) is 41.8 cm³/mol. The van der Waals surface area contributed by atoms with Crippen LogP contribution in [0.15, 0.2) is 0 Å². The van der Waals surface area contributed by atoms with Crippen LogP contribution in [0, 0.1) is 0 Å². The van der Waals surface area contributed by atoms with E-state index in [-0.39, 0.29) is 6.04 Å². The fraction of sp³-hybridized carbons (Fsp3) is 1.00. The first-order valence-electron chi connectivity index (χ1n) is 4.15. The van der Waals surface area contributed by atoms with Gasteiger partial charge in [-0.3, -0.25) is 0 Å². The third-order valence-electron chi connectivity index (χ3n) is 2.21. The Morgan fingerprint density at radius 1 is 1.60 bits per heavy atom. The van der Waals surface area contributed by atoms with Crippen LogP contribution in [-0.4, -0.2) is 18.2 Å². The first-order valence-corrected chi connectivity index (χ1v) is 4.15. The molecule has 1 rings (SSSR count). The summed E-state index contributed by atoms with van der Waals surface area (Å²) in [6, 6.07) is 0.255. The number of nitrogens with two attached hydrogens (primary N) is 1. The van der Waals surface area contributed by atoms with Crippen molar-refractivity contribution >= 4 is 0 Å². The van der Waals surface area contributed by atoms with Gasteiger partial charge in [0.25, 0.3) is 0 Å². The highest BCUT2D eigenvalue weighted by Crippen LogP contribution is 2.21. The molecule has 2 nitrogen and oxygen atoms in total. The van der Waals surface area contributed by atoms with Gasteiger partial charge < -0.3 is 10.5 Å². The van der Waals surface area contributed by atoms with E-state index in [1.807, 2.05) is 0 Å². The van der Waals surface area contributed by atoms with Crippen LogP contribution < -0.4 is 5.73 Å². The lowest BCUT2D eigenvalue weighted by Crippen LogP contribution is -2.33. The van der Waals surface area contributed by atoms with Crippen LogP contribution in [0.25, 0.3) is 0 Å². The molecular formula is C8H17NO. The second kappa shape index (κ2) is 3.35. The van der Waals surface area contributed by atoms with Crippen molar-refractivity contribution < 1.29 is 4.74 Å². The van der Waals surface area contributed by atoms with Gasteiger partial charge in [-0.05, 0) is 26.2 Å². The van der Waals surface area contributed by atoms with Gasteiger partial charge >= 0.3 is 0 Å². The van der Waals surface area contributed by atoms with Crippen LogP contribution in [0.3, 0.4) is 0 Å². The van der Waals surface area contributed by atoms with Crippen molar-refractivity contribution in [3.8, 4) is 0 Å². The van der Waals surface area contributed by atoms with E-state index in [0.29, 0.717) is 12.2 Å². The molecule has 1 saturated heterocycles. The monoisotopic (exact) mass is 143 g/mol. The molecule has 0 aliphatic carbocycles. The summed E-state index contributed by atoms with van der Waals surface area (Å²) in [5.74, 6) is 0. The Morgan fingerprint density at radius 3 is 2.70 bits per heavy atom. The maximum absolute atomic E-state index is 5.82. The molecule has 0 aromatic carbocycles. The van der Waals surface area contributed by atoms with Crippen LogP contribution in [0.2, 0.25) is 0 Å². The molecule has 0 spiro atoms. The Morgan fingerprint density at radius 2 is 2.30 bits per heavy atom. The molecule has 0 radical (unpaired) electrons. The Balaban J connectivity index is 2.29. The summed E-state index contributed by atoms with van der Waals surface area (Å²) < 4.78 is 5.59. The van der Waals surface area contributed by atoms with Gasteiger partial charge in [-0.2, -0.15) is 0 Å². The molecule has 0 bridgehead atoms. The molecule has 10 heavy (non-hydrogen) atoms. The standard InChI is InChI=1S/C8H17NO/c1-3-7(9)8-5-4-6(2)10-8/h6-8H,3-5,9H2,1-2H3. The SMILES string of the molecule is CCC(N)C1CCC(C)O1. The zero-order valence-electron chi connectivity index (χ0n) is 6.84. The lowest BCUT2D eigenvalue weighted by atomic mass is 10.1. The fourth-order valence-corrected chi connectivity index (χ4v) is 1.41. The van der Waals surface area contributed by atoms with E-state index in [9.17, 15) is 0 Å². The van der Waals surface area contributed by atoms with Gasteiger partial charge in [0.2, 0.25) is 0 Å². The number of hydrogen-bond acceptors (Lipinski definition) is 2. The largest absolute Gasteiger partial charge is 0.374 e. The highest BCUT2D eigenvalue weighted by atomic mass is 16.5. The van der Waals surface area contributed by atoms with Gasteiger partial charge in [0, 0.05) is 6.04 Å². The fourth-order valence-electron chi connectivity index (χ4n) is 1.41. The molecule has 1 heterocycles. The highest BCUT2D eigenvalue weighted by molar-refractivity contribution is 4.78.